The van der Waals surface area contributed by atoms with Gasteiger partial charge in [0, 0.05) is 0 Å². The lowest BCUT2D eigenvalue weighted by Crippen LogP contribution is -3.12. The first-order chi connectivity index (χ1) is 13.3. The molecule has 0 aliphatic carbocycles. The van der Waals surface area contributed by atoms with Crippen molar-refractivity contribution in [2.24, 2.45) is 0 Å². The minimum Gasteiger partial charge on any atom is -0.335 e. The summed E-state index contributed by atoms with van der Waals surface area (Å²) in [5.41, 5.74) is 0. The van der Waals surface area contributed by atoms with E-state index in [-0.39, 0.29) is 0 Å². The van der Waals surface area contributed by atoms with E-state index in [4.69, 9.17) is 0 Å². The van der Waals surface area contributed by atoms with Crippen LogP contribution in [0.5, 0.6) is 0 Å². The lowest BCUT2D eigenvalue weighted by Gasteiger charge is -2.21. The van der Waals surface area contributed by atoms with E-state index in [1.165, 1.54) is 136 Å². The highest BCUT2D eigenvalue weighted by Gasteiger charge is 2.10. The van der Waals surface area contributed by atoms with Crippen molar-refractivity contribution in [2.45, 2.75) is 124 Å². The number of unbranched alkanes of at least 4 members (excludes halogenated alkanes) is 10. The molecule has 2 heteroatoms. The molecule has 0 unspecified atom stereocenters. The van der Waals surface area contributed by atoms with Gasteiger partial charge in [-0.2, -0.15) is 0 Å². The van der Waals surface area contributed by atoms with Crippen LogP contribution in [0.3, 0.4) is 0 Å². The summed E-state index contributed by atoms with van der Waals surface area (Å²) < 4.78 is 0. The van der Waals surface area contributed by atoms with Gasteiger partial charge in [-0.25, -0.2) is 0 Å². The molecule has 0 radical (unpaired) electrons. The number of rotatable bonds is 22. The van der Waals surface area contributed by atoms with Gasteiger partial charge in [-0.3, -0.25) is 0 Å². The van der Waals surface area contributed by atoms with E-state index in [0.717, 1.165) is 0 Å². The van der Waals surface area contributed by atoms with Crippen molar-refractivity contribution >= 4 is 0 Å². The maximum Gasteiger partial charge on any atom is 0.0770 e. The van der Waals surface area contributed by atoms with Crippen LogP contribution in [0.15, 0.2) is 0 Å². The summed E-state index contributed by atoms with van der Waals surface area (Å²) in [6.45, 7) is 17.8. The maximum absolute atomic E-state index is 2.33. The van der Waals surface area contributed by atoms with E-state index in [0.29, 0.717) is 0 Å². The van der Waals surface area contributed by atoms with Crippen LogP contribution in [0, 0.1) is 0 Å². The van der Waals surface area contributed by atoms with Gasteiger partial charge in [0.05, 0.1) is 39.3 Å². The van der Waals surface area contributed by atoms with Crippen LogP contribution in [-0.2, 0) is 0 Å². The van der Waals surface area contributed by atoms with Crippen molar-refractivity contribution in [3.05, 3.63) is 0 Å². The Labute approximate surface area is 173 Å². The summed E-state index contributed by atoms with van der Waals surface area (Å²) >= 11 is 0. The van der Waals surface area contributed by atoms with E-state index in [1.54, 1.807) is 0 Å². The topological polar surface area (TPSA) is 8.88 Å². The molecule has 0 aromatic heterocycles. The average Bonchev–Trinajstić information content (AvgIpc) is 2.67. The molecule has 0 aromatic carbocycles. The van der Waals surface area contributed by atoms with Crippen molar-refractivity contribution in [3.8, 4) is 0 Å². The van der Waals surface area contributed by atoms with Crippen molar-refractivity contribution in [1.82, 2.24) is 0 Å². The normalized spacial score (nSPS) is 11.8. The first-order valence-electron chi connectivity index (χ1n) is 12.9. The molecule has 0 aliphatic rings. The number of hydrogen-bond donors (Lipinski definition) is 2. The summed E-state index contributed by atoms with van der Waals surface area (Å²) in [6, 6.07) is 0. The van der Waals surface area contributed by atoms with Gasteiger partial charge in [0.1, 0.15) is 0 Å². The third-order valence-corrected chi connectivity index (χ3v) is 6.10. The Morgan fingerprint density at radius 2 is 0.519 bits per heavy atom. The third-order valence-electron chi connectivity index (χ3n) is 6.10. The molecular formula is C25H56N2+2. The summed E-state index contributed by atoms with van der Waals surface area (Å²) in [6.07, 6.45) is 21.2. The van der Waals surface area contributed by atoms with E-state index >= 15 is 0 Å². The van der Waals surface area contributed by atoms with Gasteiger partial charge in [-0.1, -0.05) is 53.4 Å². The molecule has 0 bridgehead atoms. The number of nitrogens with one attached hydrogen (secondary N) is 2. The molecular weight excluding hydrogens is 328 g/mol. The molecule has 164 valence electrons. The molecule has 27 heavy (non-hydrogen) atoms. The van der Waals surface area contributed by atoms with E-state index in [1.807, 2.05) is 9.80 Å². The highest BCUT2D eigenvalue weighted by atomic mass is 15.1. The Morgan fingerprint density at radius 1 is 0.296 bits per heavy atom. The van der Waals surface area contributed by atoms with E-state index in [9.17, 15) is 0 Å². The van der Waals surface area contributed by atoms with Gasteiger partial charge in [0.25, 0.3) is 0 Å². The fourth-order valence-corrected chi connectivity index (χ4v) is 4.18. The van der Waals surface area contributed by atoms with Gasteiger partial charge in [0.15, 0.2) is 0 Å². The standard InChI is InChI=1S/C25H54N2/c1-5-9-14-20-26(21-15-10-6-2)24-18-13-19-25-27(22-16-11-7-3)23-17-12-8-4/h5-25H2,1-4H3/p+2. The van der Waals surface area contributed by atoms with Gasteiger partial charge >= 0.3 is 0 Å². The molecule has 2 N–H and O–H groups in total. The molecule has 2 nitrogen and oxygen atoms in total. The van der Waals surface area contributed by atoms with E-state index < -0.39 is 0 Å². The first-order valence-corrected chi connectivity index (χ1v) is 12.9. The molecule has 0 rings (SSSR count). The molecule has 0 aromatic rings. The highest BCUT2D eigenvalue weighted by Crippen LogP contribution is 1.96. The summed E-state index contributed by atoms with van der Waals surface area (Å²) in [5.74, 6) is 0. The Kier molecular flexibility index (Phi) is 22.1. The molecule has 0 spiro atoms. The Bertz CT molecular complexity index is 221. The Morgan fingerprint density at radius 3 is 0.741 bits per heavy atom. The monoisotopic (exact) mass is 384 g/mol. The zero-order chi connectivity index (χ0) is 20.0. The molecule has 0 saturated heterocycles. The summed E-state index contributed by atoms with van der Waals surface area (Å²) in [4.78, 5) is 3.79. The van der Waals surface area contributed by atoms with Crippen LogP contribution in [0.2, 0.25) is 0 Å². The molecule has 0 heterocycles. The molecule has 0 aliphatic heterocycles. The lowest BCUT2D eigenvalue weighted by molar-refractivity contribution is -0.902. The van der Waals surface area contributed by atoms with Crippen LogP contribution in [0.4, 0.5) is 0 Å². The zero-order valence-electron chi connectivity index (χ0n) is 19.8. The Balaban J connectivity index is 3.97. The smallest absolute Gasteiger partial charge is 0.0770 e. The van der Waals surface area contributed by atoms with Crippen LogP contribution in [0.25, 0.3) is 0 Å². The summed E-state index contributed by atoms with van der Waals surface area (Å²) in [7, 11) is 0. The van der Waals surface area contributed by atoms with Crippen molar-refractivity contribution < 1.29 is 9.80 Å². The predicted molar refractivity (Wildman–Crippen MR) is 123 cm³/mol. The van der Waals surface area contributed by atoms with Crippen molar-refractivity contribution in [3.63, 3.8) is 0 Å². The second-order valence-corrected chi connectivity index (χ2v) is 8.89. The first kappa shape index (κ1) is 26.9. The molecule has 0 saturated carbocycles. The molecule has 0 amide bonds. The molecule has 0 fully saturated rings. The fraction of sp³-hybridized carbons (Fsp3) is 1.00. The second-order valence-electron chi connectivity index (χ2n) is 8.89. The summed E-state index contributed by atoms with van der Waals surface area (Å²) in [5, 5.41) is 0. The van der Waals surface area contributed by atoms with Crippen LogP contribution in [0.1, 0.15) is 124 Å². The SMILES string of the molecule is CCCCC[NH+](CCCCC)CCCCC[NH+](CCCCC)CCCCC. The van der Waals surface area contributed by atoms with Gasteiger partial charge in [0.2, 0.25) is 0 Å². The van der Waals surface area contributed by atoms with Crippen LogP contribution < -0.4 is 9.80 Å². The predicted octanol–water partition coefficient (Wildman–Crippen LogP) is 4.69. The quantitative estimate of drug-likeness (QED) is 0.251. The minimum atomic E-state index is 1.36. The lowest BCUT2D eigenvalue weighted by atomic mass is 10.1. The largest absolute Gasteiger partial charge is 0.335 e. The van der Waals surface area contributed by atoms with Crippen molar-refractivity contribution in [1.29, 1.82) is 0 Å². The number of hydrogen-bond acceptors (Lipinski definition) is 0. The van der Waals surface area contributed by atoms with Gasteiger partial charge in [-0.15, -0.1) is 0 Å². The third kappa shape index (κ3) is 19.0. The highest BCUT2D eigenvalue weighted by molar-refractivity contribution is 4.45. The van der Waals surface area contributed by atoms with Gasteiger partial charge in [-0.05, 0) is 70.6 Å². The zero-order valence-corrected chi connectivity index (χ0v) is 19.8. The average molecular weight is 385 g/mol. The maximum atomic E-state index is 2.33. The van der Waals surface area contributed by atoms with Crippen LogP contribution >= 0.6 is 0 Å². The number of quaternary nitrogens is 2. The minimum absolute atomic E-state index is 1.36. The van der Waals surface area contributed by atoms with Crippen molar-refractivity contribution in [2.75, 3.05) is 39.3 Å². The molecule has 0 atom stereocenters. The second kappa shape index (κ2) is 22.2. The Hall–Kier alpha value is -0.0800. The van der Waals surface area contributed by atoms with E-state index in [2.05, 4.69) is 27.7 Å². The van der Waals surface area contributed by atoms with Crippen LogP contribution in [-0.4, -0.2) is 39.3 Å². The van der Waals surface area contributed by atoms with Gasteiger partial charge < -0.3 is 9.80 Å². The fourth-order valence-electron chi connectivity index (χ4n) is 4.18.